The normalized spacial score (nSPS) is 20.9. The van der Waals surface area contributed by atoms with Gasteiger partial charge in [0.05, 0.1) is 0 Å². The minimum Gasteiger partial charge on any atom is -0.381 e. The Morgan fingerprint density at radius 3 is 2.93 bits per heavy atom. The van der Waals surface area contributed by atoms with Gasteiger partial charge in [-0.3, -0.25) is 0 Å². The van der Waals surface area contributed by atoms with Gasteiger partial charge in [0.1, 0.15) is 0 Å². The van der Waals surface area contributed by atoms with Gasteiger partial charge in [0.2, 0.25) is 0 Å². The van der Waals surface area contributed by atoms with Crippen molar-refractivity contribution in [3.05, 3.63) is 24.0 Å². The van der Waals surface area contributed by atoms with Gasteiger partial charge in [-0.15, -0.1) is 0 Å². The Kier molecular flexibility index (Phi) is 2.89. The van der Waals surface area contributed by atoms with Crippen LogP contribution in [0.5, 0.6) is 0 Å². The maximum atomic E-state index is 5.35. The van der Waals surface area contributed by atoms with Crippen molar-refractivity contribution in [2.45, 2.75) is 31.8 Å². The fourth-order valence-electron chi connectivity index (χ4n) is 1.78. The lowest BCUT2D eigenvalue weighted by atomic mass is 9.92. The van der Waals surface area contributed by atoms with E-state index in [1.807, 2.05) is 12.3 Å². The molecule has 0 aromatic carbocycles. The van der Waals surface area contributed by atoms with Crippen LogP contribution in [0.25, 0.3) is 0 Å². The van der Waals surface area contributed by atoms with Gasteiger partial charge in [-0.1, -0.05) is 0 Å². The molecule has 1 aliphatic rings. The summed E-state index contributed by atoms with van der Waals surface area (Å²) in [6.07, 6.45) is 4.17. The summed E-state index contributed by atoms with van der Waals surface area (Å²) in [5.74, 6) is 0. The molecule has 1 aromatic rings. The third kappa shape index (κ3) is 2.36. The Hall–Kier alpha value is -0.800. The molecule has 2 N–H and O–H groups in total. The van der Waals surface area contributed by atoms with Crippen LogP contribution in [0.2, 0.25) is 0 Å². The molecular formula is C11H18N2O. The Morgan fingerprint density at radius 1 is 1.50 bits per heavy atom. The molecule has 0 spiro atoms. The number of ether oxygens (including phenoxy) is 1. The van der Waals surface area contributed by atoms with Gasteiger partial charge in [0, 0.05) is 37.2 Å². The fraction of sp³-hybridized carbons (Fsp3) is 0.636. The zero-order valence-corrected chi connectivity index (χ0v) is 8.68. The summed E-state index contributed by atoms with van der Waals surface area (Å²) in [7, 11) is 0. The molecule has 0 unspecified atom stereocenters. The van der Waals surface area contributed by atoms with Gasteiger partial charge in [-0.05, 0) is 31.9 Å². The highest BCUT2D eigenvalue weighted by atomic mass is 16.5. The summed E-state index contributed by atoms with van der Waals surface area (Å²) in [4.78, 5) is 3.20. The van der Waals surface area contributed by atoms with E-state index in [4.69, 9.17) is 4.74 Å². The average Bonchev–Trinajstić information content (AvgIpc) is 2.69. The summed E-state index contributed by atoms with van der Waals surface area (Å²) in [5.41, 5.74) is 1.50. The second-order valence-corrected chi connectivity index (χ2v) is 4.22. The molecular weight excluding hydrogens is 176 g/mol. The number of rotatable bonds is 3. The Labute approximate surface area is 84.9 Å². The molecule has 0 amide bonds. The summed E-state index contributed by atoms with van der Waals surface area (Å²) in [5, 5.41) is 3.59. The van der Waals surface area contributed by atoms with Gasteiger partial charge >= 0.3 is 0 Å². The van der Waals surface area contributed by atoms with E-state index >= 15 is 0 Å². The minimum atomic E-state index is 0.253. The Bertz CT molecular complexity index is 263. The van der Waals surface area contributed by atoms with Crippen molar-refractivity contribution in [3.8, 4) is 0 Å². The monoisotopic (exact) mass is 194 g/mol. The fourth-order valence-corrected chi connectivity index (χ4v) is 1.78. The van der Waals surface area contributed by atoms with Crippen LogP contribution in [0.15, 0.2) is 18.3 Å². The zero-order valence-electron chi connectivity index (χ0n) is 8.68. The molecule has 1 aliphatic heterocycles. The predicted octanol–water partition coefficient (Wildman–Crippen LogP) is 1.67. The zero-order chi connectivity index (χ0) is 9.86. The van der Waals surface area contributed by atoms with Gasteiger partial charge < -0.3 is 15.0 Å². The van der Waals surface area contributed by atoms with Crippen molar-refractivity contribution < 1.29 is 4.74 Å². The highest BCUT2D eigenvalue weighted by molar-refractivity contribution is 5.04. The number of aromatic nitrogens is 1. The first-order valence-corrected chi connectivity index (χ1v) is 5.24. The van der Waals surface area contributed by atoms with Crippen LogP contribution < -0.4 is 5.32 Å². The standard InChI is InChI=1S/C11H18N2O/c1-11(4-7-14-8-5-11)13-9-10-3-2-6-12-10/h2-3,6,12-13H,4-5,7-9H2,1H3. The van der Waals surface area contributed by atoms with E-state index in [0.29, 0.717) is 0 Å². The maximum Gasteiger partial charge on any atom is 0.0483 e. The van der Waals surface area contributed by atoms with Crippen molar-refractivity contribution >= 4 is 0 Å². The summed E-state index contributed by atoms with van der Waals surface area (Å²) >= 11 is 0. The molecule has 0 radical (unpaired) electrons. The first kappa shape index (κ1) is 9.74. The summed E-state index contributed by atoms with van der Waals surface area (Å²) < 4.78 is 5.35. The second kappa shape index (κ2) is 4.15. The van der Waals surface area contributed by atoms with Crippen molar-refractivity contribution in [2.24, 2.45) is 0 Å². The van der Waals surface area contributed by atoms with Crippen molar-refractivity contribution in [1.29, 1.82) is 0 Å². The van der Waals surface area contributed by atoms with Gasteiger partial charge in [-0.2, -0.15) is 0 Å². The van der Waals surface area contributed by atoms with Gasteiger partial charge in [0.25, 0.3) is 0 Å². The smallest absolute Gasteiger partial charge is 0.0483 e. The maximum absolute atomic E-state index is 5.35. The topological polar surface area (TPSA) is 37.0 Å². The lowest BCUT2D eigenvalue weighted by molar-refractivity contribution is 0.0445. The van der Waals surface area contributed by atoms with Crippen LogP contribution in [0.4, 0.5) is 0 Å². The van der Waals surface area contributed by atoms with Crippen LogP contribution in [0, 0.1) is 0 Å². The average molecular weight is 194 g/mol. The number of nitrogens with one attached hydrogen (secondary N) is 2. The van der Waals surface area contributed by atoms with E-state index in [-0.39, 0.29) is 5.54 Å². The Balaban J connectivity index is 1.84. The largest absolute Gasteiger partial charge is 0.381 e. The summed E-state index contributed by atoms with van der Waals surface area (Å²) in [6.45, 7) is 4.96. The van der Waals surface area contributed by atoms with Crippen LogP contribution >= 0.6 is 0 Å². The molecule has 14 heavy (non-hydrogen) atoms. The molecule has 1 aromatic heterocycles. The molecule has 3 nitrogen and oxygen atoms in total. The molecule has 78 valence electrons. The quantitative estimate of drug-likeness (QED) is 0.768. The molecule has 0 saturated carbocycles. The second-order valence-electron chi connectivity index (χ2n) is 4.22. The van der Waals surface area contributed by atoms with Crippen LogP contribution in [-0.2, 0) is 11.3 Å². The third-order valence-electron chi connectivity index (χ3n) is 2.96. The molecule has 0 aliphatic carbocycles. The number of H-pyrrole nitrogens is 1. The van der Waals surface area contributed by atoms with E-state index < -0.39 is 0 Å². The van der Waals surface area contributed by atoms with Gasteiger partial charge in [-0.25, -0.2) is 0 Å². The van der Waals surface area contributed by atoms with E-state index in [2.05, 4.69) is 23.3 Å². The molecule has 0 atom stereocenters. The van der Waals surface area contributed by atoms with Crippen LogP contribution in [-0.4, -0.2) is 23.7 Å². The van der Waals surface area contributed by atoms with Gasteiger partial charge in [0.15, 0.2) is 0 Å². The minimum absolute atomic E-state index is 0.253. The van der Waals surface area contributed by atoms with E-state index in [1.165, 1.54) is 5.69 Å². The van der Waals surface area contributed by atoms with Crippen molar-refractivity contribution in [2.75, 3.05) is 13.2 Å². The highest BCUT2D eigenvalue weighted by Gasteiger charge is 2.26. The highest BCUT2D eigenvalue weighted by Crippen LogP contribution is 2.19. The lowest BCUT2D eigenvalue weighted by Gasteiger charge is -2.34. The molecule has 2 heterocycles. The lowest BCUT2D eigenvalue weighted by Crippen LogP contribution is -2.46. The SMILES string of the molecule is CC1(NCc2ccc[nH]2)CCOCC1. The molecule has 1 fully saturated rings. The Morgan fingerprint density at radius 2 is 2.29 bits per heavy atom. The first-order chi connectivity index (χ1) is 6.79. The molecule has 1 saturated heterocycles. The van der Waals surface area contributed by atoms with Crippen molar-refractivity contribution in [3.63, 3.8) is 0 Å². The number of hydrogen-bond donors (Lipinski definition) is 2. The summed E-state index contributed by atoms with van der Waals surface area (Å²) in [6, 6.07) is 4.14. The van der Waals surface area contributed by atoms with Crippen LogP contribution in [0.3, 0.4) is 0 Å². The number of aromatic amines is 1. The van der Waals surface area contributed by atoms with E-state index in [1.54, 1.807) is 0 Å². The molecule has 0 bridgehead atoms. The van der Waals surface area contributed by atoms with E-state index in [9.17, 15) is 0 Å². The molecule has 3 heteroatoms. The van der Waals surface area contributed by atoms with Crippen LogP contribution in [0.1, 0.15) is 25.5 Å². The van der Waals surface area contributed by atoms with Crippen molar-refractivity contribution in [1.82, 2.24) is 10.3 Å². The predicted molar refractivity (Wildman–Crippen MR) is 56.1 cm³/mol. The molecule has 2 rings (SSSR count). The number of hydrogen-bond acceptors (Lipinski definition) is 2. The first-order valence-electron chi connectivity index (χ1n) is 5.24. The van der Waals surface area contributed by atoms with E-state index in [0.717, 1.165) is 32.6 Å². The third-order valence-corrected chi connectivity index (χ3v) is 2.96.